The van der Waals surface area contributed by atoms with Gasteiger partial charge >= 0.3 is 0 Å². The van der Waals surface area contributed by atoms with Crippen LogP contribution in [0.4, 0.5) is 0 Å². The predicted molar refractivity (Wildman–Crippen MR) is 74.7 cm³/mol. The molecule has 2 atom stereocenters. The summed E-state index contributed by atoms with van der Waals surface area (Å²) in [5.74, 6) is -2.02. The quantitative estimate of drug-likeness (QED) is 0.614. The molecule has 0 aliphatic carbocycles. The number of carbonyl (C=O) groups is 3. The standard InChI is InChI=1S/C13H25N3O4/c1-7(2)11(18)15-8(9(20-6)10(14)17)12(19)16-13(3,4)5/h7-9H,1-6H3,(H2,14,17)(H,15,18)(H,16,19). The van der Waals surface area contributed by atoms with Gasteiger partial charge in [-0.15, -0.1) is 0 Å². The van der Waals surface area contributed by atoms with E-state index in [-0.39, 0.29) is 11.8 Å². The van der Waals surface area contributed by atoms with E-state index in [1.165, 1.54) is 7.11 Å². The maximum atomic E-state index is 12.2. The Bertz CT molecular complexity index is 374. The van der Waals surface area contributed by atoms with Crippen molar-refractivity contribution in [1.29, 1.82) is 0 Å². The van der Waals surface area contributed by atoms with Crippen molar-refractivity contribution in [3.63, 3.8) is 0 Å². The van der Waals surface area contributed by atoms with Gasteiger partial charge in [-0.25, -0.2) is 0 Å². The van der Waals surface area contributed by atoms with Gasteiger partial charge in [0.2, 0.25) is 17.7 Å². The SMILES string of the molecule is COC(C(N)=O)C(NC(=O)C(C)C)C(=O)NC(C)(C)C. The molecular formula is C13H25N3O4. The van der Waals surface area contributed by atoms with Crippen LogP contribution >= 0.6 is 0 Å². The normalized spacial score (nSPS) is 14.6. The van der Waals surface area contributed by atoms with Crippen LogP contribution in [0, 0.1) is 5.92 Å². The molecule has 0 aromatic carbocycles. The van der Waals surface area contributed by atoms with Gasteiger partial charge in [0.1, 0.15) is 6.04 Å². The smallest absolute Gasteiger partial charge is 0.249 e. The number of methoxy groups -OCH3 is 1. The Labute approximate surface area is 119 Å². The molecule has 3 amide bonds. The first-order valence-corrected chi connectivity index (χ1v) is 6.44. The number of ether oxygens (including phenoxy) is 1. The minimum absolute atomic E-state index is 0.328. The number of primary amides is 1. The Morgan fingerprint density at radius 3 is 1.90 bits per heavy atom. The van der Waals surface area contributed by atoms with E-state index in [0.29, 0.717) is 0 Å². The van der Waals surface area contributed by atoms with Crippen LogP contribution in [0.25, 0.3) is 0 Å². The molecule has 7 heteroatoms. The highest BCUT2D eigenvalue weighted by molar-refractivity contribution is 5.94. The number of nitrogens with two attached hydrogens (primary N) is 1. The summed E-state index contributed by atoms with van der Waals surface area (Å²) < 4.78 is 4.94. The van der Waals surface area contributed by atoms with E-state index in [4.69, 9.17) is 10.5 Å². The van der Waals surface area contributed by atoms with E-state index < -0.39 is 29.5 Å². The van der Waals surface area contributed by atoms with E-state index >= 15 is 0 Å². The highest BCUT2D eigenvalue weighted by Gasteiger charge is 2.35. The Balaban J connectivity index is 5.19. The fourth-order valence-electron chi connectivity index (χ4n) is 1.46. The molecule has 0 saturated heterocycles. The third-order valence-electron chi connectivity index (χ3n) is 2.44. The molecule has 20 heavy (non-hydrogen) atoms. The second kappa shape index (κ2) is 7.23. The van der Waals surface area contributed by atoms with E-state index in [1.54, 1.807) is 34.6 Å². The second-order valence-corrected chi connectivity index (χ2v) is 5.94. The molecule has 0 saturated carbocycles. The van der Waals surface area contributed by atoms with Gasteiger partial charge in [0.25, 0.3) is 0 Å². The fraction of sp³-hybridized carbons (Fsp3) is 0.769. The van der Waals surface area contributed by atoms with Gasteiger partial charge < -0.3 is 21.1 Å². The van der Waals surface area contributed by atoms with Gasteiger partial charge in [-0.2, -0.15) is 0 Å². The average molecular weight is 287 g/mol. The van der Waals surface area contributed by atoms with E-state index in [0.717, 1.165) is 0 Å². The Hall–Kier alpha value is -1.63. The molecular weight excluding hydrogens is 262 g/mol. The van der Waals surface area contributed by atoms with Crippen LogP contribution in [0.3, 0.4) is 0 Å². The third-order valence-corrected chi connectivity index (χ3v) is 2.44. The Morgan fingerprint density at radius 1 is 1.10 bits per heavy atom. The van der Waals surface area contributed by atoms with Crippen LogP contribution in [0.1, 0.15) is 34.6 Å². The lowest BCUT2D eigenvalue weighted by Gasteiger charge is -2.29. The van der Waals surface area contributed by atoms with Crippen molar-refractivity contribution in [3.05, 3.63) is 0 Å². The summed E-state index contributed by atoms with van der Waals surface area (Å²) in [7, 11) is 1.26. The van der Waals surface area contributed by atoms with Crippen LogP contribution in [-0.2, 0) is 19.1 Å². The van der Waals surface area contributed by atoms with Crippen molar-refractivity contribution in [2.45, 2.75) is 52.3 Å². The average Bonchev–Trinajstić information content (AvgIpc) is 2.25. The van der Waals surface area contributed by atoms with E-state index in [2.05, 4.69) is 10.6 Å². The summed E-state index contributed by atoms with van der Waals surface area (Å²) in [5.41, 5.74) is 4.70. The lowest BCUT2D eigenvalue weighted by molar-refractivity contribution is -0.141. The number of amides is 3. The van der Waals surface area contributed by atoms with Crippen LogP contribution in [-0.4, -0.2) is 42.5 Å². The first kappa shape index (κ1) is 18.4. The molecule has 0 aliphatic heterocycles. The van der Waals surface area contributed by atoms with Gasteiger partial charge in [0, 0.05) is 18.6 Å². The van der Waals surface area contributed by atoms with Gasteiger partial charge in [-0.1, -0.05) is 13.8 Å². The maximum Gasteiger partial charge on any atom is 0.249 e. The van der Waals surface area contributed by atoms with E-state index in [9.17, 15) is 14.4 Å². The van der Waals surface area contributed by atoms with Crippen molar-refractivity contribution in [3.8, 4) is 0 Å². The number of hydrogen-bond acceptors (Lipinski definition) is 4. The molecule has 0 aliphatic rings. The molecule has 0 heterocycles. The highest BCUT2D eigenvalue weighted by Crippen LogP contribution is 2.05. The summed E-state index contributed by atoms with van der Waals surface area (Å²) in [6.07, 6.45) is -1.22. The topological polar surface area (TPSA) is 111 Å². The predicted octanol–water partition coefficient (Wildman–Crippen LogP) is -0.458. The Morgan fingerprint density at radius 2 is 1.60 bits per heavy atom. The zero-order valence-electron chi connectivity index (χ0n) is 12.9. The molecule has 116 valence electrons. The minimum Gasteiger partial charge on any atom is -0.369 e. The molecule has 0 bridgehead atoms. The van der Waals surface area contributed by atoms with Crippen LogP contribution in [0.15, 0.2) is 0 Å². The lowest BCUT2D eigenvalue weighted by Crippen LogP contribution is -2.60. The summed E-state index contributed by atoms with van der Waals surface area (Å²) in [6.45, 7) is 8.73. The molecule has 2 unspecified atom stereocenters. The van der Waals surface area contributed by atoms with Gasteiger partial charge in [0.15, 0.2) is 6.10 Å². The zero-order chi connectivity index (χ0) is 16.1. The number of hydrogen-bond donors (Lipinski definition) is 3. The lowest BCUT2D eigenvalue weighted by atomic mass is 10.0. The molecule has 4 N–H and O–H groups in total. The molecule has 0 aromatic heterocycles. The zero-order valence-corrected chi connectivity index (χ0v) is 12.9. The van der Waals surface area contributed by atoms with Crippen molar-refractivity contribution in [2.24, 2.45) is 11.7 Å². The number of carbonyl (C=O) groups excluding carboxylic acids is 3. The highest BCUT2D eigenvalue weighted by atomic mass is 16.5. The first-order chi connectivity index (χ1) is 8.99. The van der Waals surface area contributed by atoms with Gasteiger partial charge in [-0.3, -0.25) is 14.4 Å². The molecule has 0 spiro atoms. The van der Waals surface area contributed by atoms with Crippen LogP contribution in [0.5, 0.6) is 0 Å². The minimum atomic E-state index is -1.22. The molecule has 0 radical (unpaired) electrons. The van der Waals surface area contributed by atoms with Gasteiger partial charge in [0.05, 0.1) is 0 Å². The maximum absolute atomic E-state index is 12.2. The second-order valence-electron chi connectivity index (χ2n) is 5.94. The fourth-order valence-corrected chi connectivity index (χ4v) is 1.46. The van der Waals surface area contributed by atoms with Crippen LogP contribution < -0.4 is 16.4 Å². The number of rotatable bonds is 6. The molecule has 0 aromatic rings. The number of nitrogens with one attached hydrogen (secondary N) is 2. The monoisotopic (exact) mass is 287 g/mol. The first-order valence-electron chi connectivity index (χ1n) is 6.44. The van der Waals surface area contributed by atoms with Gasteiger partial charge in [-0.05, 0) is 20.8 Å². The summed E-state index contributed by atoms with van der Waals surface area (Å²) >= 11 is 0. The summed E-state index contributed by atoms with van der Waals surface area (Å²) in [6, 6.07) is -1.16. The van der Waals surface area contributed by atoms with Crippen molar-refractivity contribution in [2.75, 3.05) is 7.11 Å². The van der Waals surface area contributed by atoms with Crippen LogP contribution in [0.2, 0.25) is 0 Å². The Kier molecular flexibility index (Phi) is 6.64. The van der Waals surface area contributed by atoms with Crippen molar-refractivity contribution < 1.29 is 19.1 Å². The molecule has 0 fully saturated rings. The molecule has 0 rings (SSSR count). The summed E-state index contributed by atoms with van der Waals surface area (Å²) in [4.78, 5) is 35.3. The largest absolute Gasteiger partial charge is 0.369 e. The van der Waals surface area contributed by atoms with Crippen molar-refractivity contribution >= 4 is 17.7 Å². The molecule has 7 nitrogen and oxygen atoms in total. The summed E-state index contributed by atoms with van der Waals surface area (Å²) in [5, 5.41) is 5.19. The van der Waals surface area contributed by atoms with Crippen molar-refractivity contribution in [1.82, 2.24) is 10.6 Å². The third kappa shape index (κ3) is 6.01. The van der Waals surface area contributed by atoms with E-state index in [1.807, 2.05) is 0 Å².